The summed E-state index contributed by atoms with van der Waals surface area (Å²) in [6.07, 6.45) is -2.91. The van der Waals surface area contributed by atoms with E-state index >= 15 is 0 Å². The predicted octanol–water partition coefficient (Wildman–Crippen LogP) is 4.46. The second kappa shape index (κ2) is 8.44. The Morgan fingerprint density at radius 2 is 1.97 bits per heavy atom. The summed E-state index contributed by atoms with van der Waals surface area (Å²) in [6.45, 7) is 5.19. The summed E-state index contributed by atoms with van der Waals surface area (Å²) in [5, 5.41) is 16.9. The van der Waals surface area contributed by atoms with Crippen molar-refractivity contribution in [3.8, 4) is 6.07 Å². The molecule has 0 unspecified atom stereocenters. The van der Waals surface area contributed by atoms with E-state index in [0.717, 1.165) is 48.8 Å². The van der Waals surface area contributed by atoms with E-state index in [2.05, 4.69) is 26.6 Å². The zero-order chi connectivity index (χ0) is 22.0. The van der Waals surface area contributed by atoms with Gasteiger partial charge in [0.1, 0.15) is 6.07 Å². The lowest BCUT2D eigenvalue weighted by Crippen LogP contribution is -2.43. The second-order valence-electron chi connectivity index (χ2n) is 7.54. The lowest BCUT2D eigenvalue weighted by Gasteiger charge is -2.29. The van der Waals surface area contributed by atoms with Gasteiger partial charge in [-0.3, -0.25) is 4.98 Å². The van der Waals surface area contributed by atoms with Crippen LogP contribution in [0.25, 0.3) is 10.9 Å². The zero-order valence-corrected chi connectivity index (χ0v) is 17.1. The third-order valence-electron chi connectivity index (χ3n) is 5.66. The molecule has 1 aliphatic rings. The van der Waals surface area contributed by atoms with Crippen LogP contribution in [0.3, 0.4) is 0 Å². The molecule has 160 valence electrons. The van der Waals surface area contributed by atoms with Crippen molar-refractivity contribution in [3.05, 3.63) is 64.8 Å². The molecule has 3 aromatic rings. The van der Waals surface area contributed by atoms with Crippen molar-refractivity contribution < 1.29 is 13.2 Å². The van der Waals surface area contributed by atoms with E-state index in [9.17, 15) is 18.4 Å². The molecule has 1 aromatic heterocycles. The maximum Gasteiger partial charge on any atom is 0.416 e. The fourth-order valence-electron chi connectivity index (χ4n) is 3.94. The summed E-state index contributed by atoms with van der Waals surface area (Å²) in [4.78, 5) is 6.64. The fraction of sp³-hybridized carbons (Fsp3) is 0.304. The first kappa shape index (κ1) is 20.9. The summed E-state index contributed by atoms with van der Waals surface area (Å²) in [6, 6.07) is 12.2. The summed E-state index contributed by atoms with van der Waals surface area (Å²) < 4.78 is 39.8. The van der Waals surface area contributed by atoms with Gasteiger partial charge in [0.2, 0.25) is 0 Å². The van der Waals surface area contributed by atoms with Gasteiger partial charge in [0.25, 0.3) is 0 Å². The standard InChI is InChI=1S/C23H22F3N5/c1-15-16(3-2-4-20(15)23(24,25)26)13-30-22-17(12-27)14-29-21-6-5-18(11-19(21)22)31-9-7-28-8-10-31/h2-6,11,14,28H,7-10,13H2,1H3,(H,29,30). The highest BCUT2D eigenvalue weighted by Gasteiger charge is 2.32. The van der Waals surface area contributed by atoms with Crippen LogP contribution in [0.4, 0.5) is 24.5 Å². The van der Waals surface area contributed by atoms with Crippen molar-refractivity contribution in [1.29, 1.82) is 5.26 Å². The monoisotopic (exact) mass is 425 g/mol. The number of anilines is 2. The number of rotatable bonds is 4. The molecule has 0 radical (unpaired) electrons. The highest BCUT2D eigenvalue weighted by atomic mass is 19.4. The molecular formula is C23H22F3N5. The number of nitriles is 1. The lowest BCUT2D eigenvalue weighted by atomic mass is 10.0. The number of fused-ring (bicyclic) bond motifs is 1. The van der Waals surface area contributed by atoms with Crippen molar-refractivity contribution in [1.82, 2.24) is 10.3 Å². The van der Waals surface area contributed by atoms with Crippen molar-refractivity contribution in [2.75, 3.05) is 36.4 Å². The van der Waals surface area contributed by atoms with Crippen molar-refractivity contribution in [2.24, 2.45) is 0 Å². The van der Waals surface area contributed by atoms with Crippen LogP contribution in [0.1, 0.15) is 22.3 Å². The Labute approximate surface area is 178 Å². The molecule has 0 atom stereocenters. The summed E-state index contributed by atoms with van der Waals surface area (Å²) >= 11 is 0. The molecule has 0 spiro atoms. The van der Waals surface area contributed by atoms with E-state index in [1.54, 1.807) is 6.07 Å². The van der Waals surface area contributed by atoms with Crippen LogP contribution in [0.2, 0.25) is 0 Å². The molecule has 0 saturated carbocycles. The molecule has 4 rings (SSSR count). The van der Waals surface area contributed by atoms with E-state index in [4.69, 9.17) is 0 Å². The SMILES string of the molecule is Cc1c(CNc2c(C#N)cnc3ccc(N4CCNCC4)cc23)cccc1C(F)(F)F. The average Bonchev–Trinajstić information content (AvgIpc) is 2.77. The number of pyridine rings is 1. The topological polar surface area (TPSA) is 64.0 Å². The van der Waals surface area contributed by atoms with Crippen LogP contribution >= 0.6 is 0 Å². The molecule has 0 bridgehead atoms. The molecule has 1 saturated heterocycles. The zero-order valence-electron chi connectivity index (χ0n) is 17.1. The summed E-state index contributed by atoms with van der Waals surface area (Å²) in [7, 11) is 0. The Morgan fingerprint density at radius 1 is 1.19 bits per heavy atom. The molecule has 8 heteroatoms. The van der Waals surface area contributed by atoms with Crippen LogP contribution in [-0.2, 0) is 12.7 Å². The molecule has 2 aromatic carbocycles. The number of nitrogens with one attached hydrogen (secondary N) is 2. The number of halogens is 3. The fourth-order valence-corrected chi connectivity index (χ4v) is 3.94. The second-order valence-corrected chi connectivity index (χ2v) is 7.54. The number of hydrogen-bond donors (Lipinski definition) is 2. The van der Waals surface area contributed by atoms with Gasteiger partial charge in [-0.2, -0.15) is 18.4 Å². The van der Waals surface area contributed by atoms with Gasteiger partial charge in [-0.25, -0.2) is 0 Å². The number of nitrogens with zero attached hydrogens (tertiary/aromatic N) is 3. The highest BCUT2D eigenvalue weighted by Crippen LogP contribution is 2.34. The normalized spacial score (nSPS) is 14.5. The maximum atomic E-state index is 13.3. The van der Waals surface area contributed by atoms with Gasteiger partial charge in [-0.15, -0.1) is 0 Å². The van der Waals surface area contributed by atoms with Crippen molar-refractivity contribution in [3.63, 3.8) is 0 Å². The van der Waals surface area contributed by atoms with E-state index < -0.39 is 11.7 Å². The van der Waals surface area contributed by atoms with E-state index in [1.807, 2.05) is 18.2 Å². The Hall–Kier alpha value is -3.31. The smallest absolute Gasteiger partial charge is 0.379 e. The highest BCUT2D eigenvalue weighted by molar-refractivity contribution is 5.96. The Balaban J connectivity index is 1.70. The first-order chi connectivity index (χ1) is 14.9. The van der Waals surface area contributed by atoms with E-state index in [1.165, 1.54) is 19.2 Å². The molecule has 1 fully saturated rings. The van der Waals surface area contributed by atoms with Gasteiger partial charge in [-0.1, -0.05) is 12.1 Å². The third-order valence-corrected chi connectivity index (χ3v) is 5.66. The minimum absolute atomic E-state index is 0.168. The van der Waals surface area contributed by atoms with Crippen LogP contribution < -0.4 is 15.5 Å². The van der Waals surface area contributed by atoms with Crippen LogP contribution in [0.15, 0.2) is 42.6 Å². The quantitative estimate of drug-likeness (QED) is 0.647. The van der Waals surface area contributed by atoms with E-state index in [-0.39, 0.29) is 12.1 Å². The maximum absolute atomic E-state index is 13.3. The number of piperazine rings is 1. The van der Waals surface area contributed by atoms with Gasteiger partial charge in [0.05, 0.1) is 22.3 Å². The molecule has 1 aliphatic heterocycles. The van der Waals surface area contributed by atoms with Gasteiger partial charge >= 0.3 is 6.18 Å². The predicted molar refractivity (Wildman–Crippen MR) is 115 cm³/mol. The molecule has 31 heavy (non-hydrogen) atoms. The van der Waals surface area contributed by atoms with Crippen LogP contribution in [0, 0.1) is 18.3 Å². The number of benzene rings is 2. The minimum atomic E-state index is -4.40. The first-order valence-corrected chi connectivity index (χ1v) is 10.1. The average molecular weight is 425 g/mol. The van der Waals surface area contributed by atoms with Gasteiger partial charge in [0.15, 0.2) is 0 Å². The molecule has 2 heterocycles. The van der Waals surface area contributed by atoms with Gasteiger partial charge < -0.3 is 15.5 Å². The Bertz CT molecular complexity index is 1140. The minimum Gasteiger partial charge on any atom is -0.379 e. The number of alkyl halides is 3. The Kier molecular flexibility index (Phi) is 5.70. The molecule has 2 N–H and O–H groups in total. The molecule has 5 nitrogen and oxygen atoms in total. The Morgan fingerprint density at radius 3 is 2.68 bits per heavy atom. The summed E-state index contributed by atoms with van der Waals surface area (Å²) in [5.74, 6) is 0. The number of hydrogen-bond acceptors (Lipinski definition) is 5. The van der Waals surface area contributed by atoms with Gasteiger partial charge in [-0.05, 0) is 42.3 Å². The van der Waals surface area contributed by atoms with Crippen LogP contribution in [-0.4, -0.2) is 31.2 Å². The summed E-state index contributed by atoms with van der Waals surface area (Å²) in [5.41, 5.74) is 2.76. The van der Waals surface area contributed by atoms with Crippen molar-refractivity contribution in [2.45, 2.75) is 19.6 Å². The largest absolute Gasteiger partial charge is 0.416 e. The van der Waals surface area contributed by atoms with Crippen molar-refractivity contribution >= 4 is 22.3 Å². The first-order valence-electron chi connectivity index (χ1n) is 10.1. The van der Waals surface area contributed by atoms with E-state index in [0.29, 0.717) is 16.8 Å². The van der Waals surface area contributed by atoms with Crippen LogP contribution in [0.5, 0.6) is 0 Å². The van der Waals surface area contributed by atoms with Gasteiger partial charge in [0, 0.05) is 50.0 Å². The lowest BCUT2D eigenvalue weighted by molar-refractivity contribution is -0.138. The molecular weight excluding hydrogens is 403 g/mol. The molecule has 0 aliphatic carbocycles. The molecule has 0 amide bonds. The number of aromatic nitrogens is 1. The third kappa shape index (κ3) is 4.28.